The maximum Gasteiger partial charge on any atom is 0.243 e. The number of nitrogens with one attached hydrogen (secondary N) is 1. The van der Waals surface area contributed by atoms with Crippen molar-refractivity contribution in [2.24, 2.45) is 0 Å². The first kappa shape index (κ1) is 26.7. The Hall–Kier alpha value is -3.87. The summed E-state index contributed by atoms with van der Waals surface area (Å²) in [4.78, 5) is 29.2. The van der Waals surface area contributed by atoms with Gasteiger partial charge in [0, 0.05) is 31.0 Å². The summed E-state index contributed by atoms with van der Waals surface area (Å²) < 4.78 is 25.7. The van der Waals surface area contributed by atoms with Gasteiger partial charge >= 0.3 is 0 Å². The zero-order valence-electron chi connectivity index (χ0n) is 22.1. The Labute approximate surface area is 229 Å². The van der Waals surface area contributed by atoms with Crippen molar-refractivity contribution in [3.05, 3.63) is 95.3 Å². The number of benzene rings is 3. The van der Waals surface area contributed by atoms with Gasteiger partial charge < -0.3 is 19.7 Å². The van der Waals surface area contributed by atoms with Gasteiger partial charge in [-0.05, 0) is 48.6 Å². The number of fused-ring (bicyclic) bond motifs is 1. The van der Waals surface area contributed by atoms with E-state index in [1.165, 1.54) is 12.5 Å². The molecule has 204 valence electrons. The average Bonchev–Trinajstić information content (AvgIpc) is 3.44. The first-order valence-corrected chi connectivity index (χ1v) is 13.8. The molecule has 1 atom stereocenters. The summed E-state index contributed by atoms with van der Waals surface area (Å²) in [6, 6.07) is 21.1. The minimum Gasteiger partial charge on any atom is -0.454 e. The molecule has 0 bridgehead atoms. The molecule has 3 aromatic carbocycles. The number of amides is 2. The van der Waals surface area contributed by atoms with Crippen molar-refractivity contribution >= 4 is 11.8 Å². The smallest absolute Gasteiger partial charge is 0.243 e. The number of carbonyl (C=O) groups is 2. The number of aryl methyl sites for hydroxylation is 1. The van der Waals surface area contributed by atoms with Gasteiger partial charge in [-0.2, -0.15) is 0 Å². The summed E-state index contributed by atoms with van der Waals surface area (Å²) in [5, 5.41) is 3.22. The fraction of sp³-hybridized carbons (Fsp3) is 0.375. The topological polar surface area (TPSA) is 67.9 Å². The summed E-state index contributed by atoms with van der Waals surface area (Å²) in [6.45, 7) is 0.202. The van der Waals surface area contributed by atoms with Crippen molar-refractivity contribution in [2.45, 2.75) is 70.0 Å². The number of carbonyl (C=O) groups excluding carboxylic acids is 2. The highest BCUT2D eigenvalue weighted by molar-refractivity contribution is 5.88. The zero-order valence-corrected chi connectivity index (χ0v) is 22.1. The Bertz CT molecular complexity index is 1280. The summed E-state index contributed by atoms with van der Waals surface area (Å²) in [6.07, 6.45) is 6.22. The van der Waals surface area contributed by atoms with Crippen molar-refractivity contribution in [1.82, 2.24) is 10.2 Å². The summed E-state index contributed by atoms with van der Waals surface area (Å²) in [5.74, 6) is 0.580. The molecule has 1 heterocycles. The normalized spacial score (nSPS) is 15.5. The highest BCUT2D eigenvalue weighted by Gasteiger charge is 2.32. The molecule has 39 heavy (non-hydrogen) atoms. The van der Waals surface area contributed by atoms with Gasteiger partial charge in [0.2, 0.25) is 18.6 Å². The highest BCUT2D eigenvalue weighted by atomic mass is 19.1. The van der Waals surface area contributed by atoms with Crippen molar-refractivity contribution in [1.29, 1.82) is 0 Å². The second-order valence-corrected chi connectivity index (χ2v) is 10.3. The minimum absolute atomic E-state index is 0.0161. The van der Waals surface area contributed by atoms with E-state index >= 15 is 0 Å². The molecule has 0 aromatic heterocycles. The molecule has 7 heteroatoms. The van der Waals surface area contributed by atoms with Gasteiger partial charge in [0.05, 0.1) is 0 Å². The second kappa shape index (κ2) is 12.8. The van der Waals surface area contributed by atoms with E-state index in [1.807, 2.05) is 48.5 Å². The van der Waals surface area contributed by atoms with Crippen LogP contribution in [-0.2, 0) is 29.0 Å². The Morgan fingerprint density at radius 3 is 2.44 bits per heavy atom. The SMILES string of the molecule is O=C(NC1CCCCC1)C(Cc1ccccc1)N(Cc1ccccc1F)C(=O)CCc1ccc2c(c1)OCO2. The second-order valence-electron chi connectivity index (χ2n) is 10.3. The van der Waals surface area contributed by atoms with Crippen molar-refractivity contribution in [2.75, 3.05) is 6.79 Å². The van der Waals surface area contributed by atoms with Gasteiger partial charge in [0.15, 0.2) is 11.5 Å². The van der Waals surface area contributed by atoms with Crippen LogP contribution in [0.4, 0.5) is 4.39 Å². The Morgan fingerprint density at radius 2 is 1.64 bits per heavy atom. The van der Waals surface area contributed by atoms with Gasteiger partial charge in [-0.1, -0.05) is 73.9 Å². The number of hydrogen-bond acceptors (Lipinski definition) is 4. The van der Waals surface area contributed by atoms with Crippen LogP contribution in [0.1, 0.15) is 55.2 Å². The molecule has 0 saturated heterocycles. The molecule has 1 aliphatic carbocycles. The molecule has 5 rings (SSSR count). The van der Waals surface area contributed by atoms with Crippen molar-refractivity contribution in [3.8, 4) is 11.5 Å². The van der Waals surface area contributed by atoms with Crippen LogP contribution in [0.15, 0.2) is 72.8 Å². The molecular weight excluding hydrogens is 495 g/mol. The lowest BCUT2D eigenvalue weighted by molar-refractivity contribution is -0.141. The summed E-state index contributed by atoms with van der Waals surface area (Å²) >= 11 is 0. The van der Waals surface area contributed by atoms with Crippen LogP contribution in [0.2, 0.25) is 0 Å². The lowest BCUT2D eigenvalue weighted by Crippen LogP contribution is -2.53. The average molecular weight is 531 g/mol. The fourth-order valence-electron chi connectivity index (χ4n) is 5.40. The highest BCUT2D eigenvalue weighted by Crippen LogP contribution is 2.33. The fourth-order valence-corrected chi connectivity index (χ4v) is 5.40. The molecular formula is C32H35FN2O4. The molecule has 3 aromatic rings. The Kier molecular flexibility index (Phi) is 8.76. The van der Waals surface area contributed by atoms with E-state index in [0.29, 0.717) is 29.9 Å². The molecule has 0 spiro atoms. The van der Waals surface area contributed by atoms with Gasteiger partial charge in [-0.3, -0.25) is 9.59 Å². The molecule has 0 radical (unpaired) electrons. The minimum atomic E-state index is -0.766. The standard InChI is InChI=1S/C32H35FN2O4/c33-27-14-8-7-11-25(27)21-35(31(36)18-16-24-15-17-29-30(20-24)39-22-38-29)28(19-23-9-3-1-4-10-23)32(37)34-26-12-5-2-6-13-26/h1,3-4,7-11,14-15,17,20,26,28H,2,5-6,12-13,16,18-19,21-22H2,(H,34,37). The maximum absolute atomic E-state index is 14.8. The van der Waals surface area contributed by atoms with E-state index in [1.54, 1.807) is 23.1 Å². The van der Waals surface area contributed by atoms with E-state index in [9.17, 15) is 14.0 Å². The maximum atomic E-state index is 14.8. The third kappa shape index (κ3) is 6.96. The van der Waals surface area contributed by atoms with Gasteiger partial charge in [-0.15, -0.1) is 0 Å². The molecule has 1 fully saturated rings. The summed E-state index contributed by atoms with van der Waals surface area (Å²) in [7, 11) is 0. The largest absolute Gasteiger partial charge is 0.454 e. The Balaban J connectivity index is 1.40. The number of rotatable bonds is 10. The van der Waals surface area contributed by atoms with Gasteiger partial charge in [-0.25, -0.2) is 4.39 Å². The molecule has 1 N–H and O–H groups in total. The van der Waals surface area contributed by atoms with Crippen molar-refractivity contribution < 1.29 is 23.5 Å². The van der Waals surface area contributed by atoms with E-state index in [0.717, 1.165) is 36.8 Å². The lowest BCUT2D eigenvalue weighted by Gasteiger charge is -2.33. The first-order chi connectivity index (χ1) is 19.1. The van der Waals surface area contributed by atoms with Crippen LogP contribution in [-0.4, -0.2) is 35.6 Å². The number of halogens is 1. The molecule has 2 aliphatic rings. The van der Waals surface area contributed by atoms with Crippen LogP contribution in [0, 0.1) is 5.82 Å². The number of hydrogen-bond donors (Lipinski definition) is 1. The van der Waals surface area contributed by atoms with Gasteiger partial charge in [0.25, 0.3) is 0 Å². The van der Waals surface area contributed by atoms with Crippen LogP contribution in [0.5, 0.6) is 11.5 Å². The van der Waals surface area contributed by atoms with E-state index in [4.69, 9.17) is 9.47 Å². The quantitative estimate of drug-likeness (QED) is 0.372. The van der Waals surface area contributed by atoms with Crippen LogP contribution in [0.3, 0.4) is 0 Å². The van der Waals surface area contributed by atoms with Crippen LogP contribution >= 0.6 is 0 Å². The predicted octanol–water partition coefficient (Wildman–Crippen LogP) is 5.58. The molecule has 1 aliphatic heterocycles. The molecule has 2 amide bonds. The first-order valence-electron chi connectivity index (χ1n) is 13.8. The lowest BCUT2D eigenvalue weighted by atomic mass is 9.94. The van der Waals surface area contributed by atoms with Crippen LogP contribution < -0.4 is 14.8 Å². The summed E-state index contributed by atoms with van der Waals surface area (Å²) in [5.41, 5.74) is 2.27. The predicted molar refractivity (Wildman–Crippen MR) is 147 cm³/mol. The molecule has 1 saturated carbocycles. The monoisotopic (exact) mass is 530 g/mol. The number of nitrogens with zero attached hydrogens (tertiary/aromatic N) is 1. The van der Waals surface area contributed by atoms with E-state index in [-0.39, 0.29) is 37.6 Å². The molecule has 1 unspecified atom stereocenters. The zero-order chi connectivity index (χ0) is 27.0. The van der Waals surface area contributed by atoms with Crippen LogP contribution in [0.25, 0.3) is 0 Å². The molecule has 6 nitrogen and oxygen atoms in total. The van der Waals surface area contributed by atoms with E-state index in [2.05, 4.69) is 5.32 Å². The van der Waals surface area contributed by atoms with E-state index < -0.39 is 11.9 Å². The van der Waals surface area contributed by atoms with Crippen molar-refractivity contribution in [3.63, 3.8) is 0 Å². The van der Waals surface area contributed by atoms with Gasteiger partial charge in [0.1, 0.15) is 11.9 Å². The third-order valence-electron chi connectivity index (χ3n) is 7.59. The third-order valence-corrected chi connectivity index (χ3v) is 7.59. The number of ether oxygens (including phenoxy) is 2. The Morgan fingerprint density at radius 1 is 0.897 bits per heavy atom.